The second kappa shape index (κ2) is 6.39. The van der Waals surface area contributed by atoms with Crippen molar-refractivity contribution in [1.29, 1.82) is 0 Å². The third-order valence-corrected chi connectivity index (χ3v) is 5.68. The molecule has 6 heteroatoms. The minimum Gasteiger partial charge on any atom is -0.496 e. The zero-order chi connectivity index (χ0) is 17.6. The highest BCUT2D eigenvalue weighted by Gasteiger charge is 2.36. The zero-order valence-electron chi connectivity index (χ0n) is 13.6. The van der Waals surface area contributed by atoms with Gasteiger partial charge in [-0.25, -0.2) is 9.21 Å². The predicted molar refractivity (Wildman–Crippen MR) is 101 cm³/mol. The quantitative estimate of drug-likeness (QED) is 0.693. The molecular weight excluding hydrogens is 404 g/mol. The summed E-state index contributed by atoms with van der Waals surface area (Å²) >= 11 is 9.86. The molecule has 2 aliphatic rings. The fourth-order valence-electron chi connectivity index (χ4n) is 3.56. The van der Waals surface area contributed by atoms with E-state index < -0.39 is 0 Å². The van der Waals surface area contributed by atoms with Gasteiger partial charge in [-0.15, -0.1) is 0 Å². The first kappa shape index (κ1) is 16.5. The Hall–Kier alpha value is -1.98. The van der Waals surface area contributed by atoms with Gasteiger partial charge in [-0.1, -0.05) is 30.3 Å². The molecule has 1 heterocycles. The fraction of sp³-hybridized carbons (Fsp3) is 0.211. The van der Waals surface area contributed by atoms with Gasteiger partial charge in [0.25, 0.3) is 0 Å². The second-order valence-electron chi connectivity index (χ2n) is 6.09. The van der Waals surface area contributed by atoms with Crippen molar-refractivity contribution in [2.24, 2.45) is 0 Å². The summed E-state index contributed by atoms with van der Waals surface area (Å²) in [6.07, 6.45) is 1.79. The molecule has 0 radical (unpaired) electrons. The van der Waals surface area contributed by atoms with Gasteiger partial charge in [-0.3, -0.25) is 0 Å². The van der Waals surface area contributed by atoms with Gasteiger partial charge in [-0.2, -0.15) is 0 Å². The van der Waals surface area contributed by atoms with Crippen LogP contribution < -0.4 is 10.1 Å². The minimum atomic E-state index is -0.311. The Morgan fingerprint density at radius 2 is 2.04 bits per heavy atom. The van der Waals surface area contributed by atoms with Crippen LogP contribution in [0.1, 0.15) is 29.2 Å². The van der Waals surface area contributed by atoms with Crippen LogP contribution in [0.15, 0.2) is 52.5 Å². The third kappa shape index (κ3) is 2.71. The molecule has 128 valence electrons. The summed E-state index contributed by atoms with van der Waals surface area (Å²) in [7, 11) is 1.63. The Kier molecular flexibility index (Phi) is 4.21. The molecule has 4 nitrogen and oxygen atoms in total. The first-order valence-electron chi connectivity index (χ1n) is 8.01. The number of amides is 2. The highest BCUT2D eigenvalue weighted by molar-refractivity contribution is 9.10. The number of rotatable bonds is 2. The van der Waals surface area contributed by atoms with Crippen LogP contribution in [0, 0.1) is 0 Å². The van der Waals surface area contributed by atoms with Crippen LogP contribution in [-0.4, -0.2) is 17.6 Å². The Labute approximate surface area is 159 Å². The molecule has 0 saturated carbocycles. The number of hydrogen-bond donors (Lipinski definition) is 1. The van der Waals surface area contributed by atoms with E-state index in [1.54, 1.807) is 7.11 Å². The van der Waals surface area contributed by atoms with E-state index in [9.17, 15) is 4.79 Å². The lowest BCUT2D eigenvalue weighted by atomic mass is 9.83. The van der Waals surface area contributed by atoms with Gasteiger partial charge in [0.2, 0.25) is 0 Å². The van der Waals surface area contributed by atoms with Gasteiger partial charge < -0.3 is 10.1 Å². The molecule has 4 rings (SSSR count). The first-order valence-corrected chi connectivity index (χ1v) is 9.14. The number of halogens is 2. The van der Waals surface area contributed by atoms with E-state index in [4.69, 9.17) is 16.5 Å². The van der Waals surface area contributed by atoms with Crippen molar-refractivity contribution < 1.29 is 9.53 Å². The lowest BCUT2D eigenvalue weighted by Gasteiger charge is -2.37. The molecule has 0 bridgehead atoms. The van der Waals surface area contributed by atoms with Crippen LogP contribution in [0.3, 0.4) is 0 Å². The normalized spacial score (nSPS) is 19.2. The van der Waals surface area contributed by atoms with E-state index in [1.165, 1.54) is 9.98 Å². The molecule has 0 saturated heterocycles. The molecule has 0 aromatic heterocycles. The van der Waals surface area contributed by atoms with E-state index in [1.807, 2.05) is 36.4 Å². The number of methoxy groups -OCH3 is 1. The summed E-state index contributed by atoms with van der Waals surface area (Å²) in [4.78, 5) is 12.5. The third-order valence-electron chi connectivity index (χ3n) is 4.74. The van der Waals surface area contributed by atoms with Crippen molar-refractivity contribution in [2.45, 2.75) is 18.9 Å². The number of hydrogen-bond acceptors (Lipinski definition) is 2. The number of urea groups is 1. The summed E-state index contributed by atoms with van der Waals surface area (Å²) in [5.74, 6) is 0.757. The Balaban J connectivity index is 1.86. The van der Waals surface area contributed by atoms with Gasteiger partial charge in [-0.05, 0) is 57.6 Å². The van der Waals surface area contributed by atoms with Crippen molar-refractivity contribution in [2.75, 3.05) is 7.11 Å². The maximum atomic E-state index is 12.5. The van der Waals surface area contributed by atoms with E-state index in [2.05, 4.69) is 27.3 Å². The Morgan fingerprint density at radius 1 is 1.24 bits per heavy atom. The molecule has 2 aromatic rings. The topological polar surface area (TPSA) is 41.6 Å². The van der Waals surface area contributed by atoms with Crippen LogP contribution >= 0.6 is 27.7 Å². The van der Waals surface area contributed by atoms with E-state index in [0.29, 0.717) is 0 Å². The number of ether oxygens (including phenoxy) is 1. The highest BCUT2D eigenvalue weighted by atomic mass is 79.9. The summed E-state index contributed by atoms with van der Waals surface area (Å²) in [6.45, 7) is 0. The molecule has 1 atom stereocenters. The van der Waals surface area contributed by atoms with Crippen LogP contribution in [-0.2, 0) is 6.42 Å². The monoisotopic (exact) mass is 418 g/mol. The van der Waals surface area contributed by atoms with Gasteiger partial charge in [0.1, 0.15) is 5.75 Å². The van der Waals surface area contributed by atoms with Crippen LogP contribution in [0.4, 0.5) is 4.79 Å². The van der Waals surface area contributed by atoms with E-state index in [-0.39, 0.29) is 12.1 Å². The molecule has 1 unspecified atom stereocenters. The summed E-state index contributed by atoms with van der Waals surface area (Å²) in [5, 5.41) is 3.01. The predicted octanol–water partition coefficient (Wildman–Crippen LogP) is 5.04. The van der Waals surface area contributed by atoms with E-state index >= 15 is 0 Å². The van der Waals surface area contributed by atoms with Crippen molar-refractivity contribution in [3.05, 3.63) is 69.2 Å². The number of fused-ring (bicyclic) bond motifs is 2. The second-order valence-corrected chi connectivity index (χ2v) is 7.28. The number of benzene rings is 2. The first-order chi connectivity index (χ1) is 12.1. The van der Waals surface area contributed by atoms with Crippen molar-refractivity contribution >= 4 is 39.4 Å². The smallest absolute Gasteiger partial charge is 0.337 e. The van der Waals surface area contributed by atoms with E-state index in [0.717, 1.165) is 45.5 Å². The zero-order valence-corrected chi connectivity index (χ0v) is 15.9. The molecule has 2 aromatic carbocycles. The van der Waals surface area contributed by atoms with Crippen LogP contribution in [0.5, 0.6) is 5.75 Å². The Morgan fingerprint density at radius 3 is 2.80 bits per heavy atom. The summed E-state index contributed by atoms with van der Waals surface area (Å²) in [5.41, 5.74) is 5.19. The number of aryl methyl sites for hydroxylation is 1. The molecular formula is C19H16BrClN2O2. The molecule has 1 N–H and O–H groups in total. The molecule has 25 heavy (non-hydrogen) atoms. The van der Waals surface area contributed by atoms with Crippen molar-refractivity contribution in [1.82, 2.24) is 9.74 Å². The average molecular weight is 420 g/mol. The van der Waals surface area contributed by atoms with Crippen molar-refractivity contribution in [3.8, 4) is 5.75 Å². The number of carbonyl (C=O) groups excluding carboxylic acids is 1. The highest BCUT2D eigenvalue weighted by Crippen LogP contribution is 2.44. The van der Waals surface area contributed by atoms with Gasteiger partial charge in [0, 0.05) is 17.3 Å². The average Bonchev–Trinajstić information content (AvgIpc) is 2.64. The Bertz CT molecular complexity index is 897. The number of carbonyl (C=O) groups is 1. The van der Waals surface area contributed by atoms with Gasteiger partial charge >= 0.3 is 6.03 Å². The molecule has 0 fully saturated rings. The largest absolute Gasteiger partial charge is 0.496 e. The lowest BCUT2D eigenvalue weighted by Crippen LogP contribution is -2.43. The summed E-state index contributed by atoms with van der Waals surface area (Å²) < 4.78 is 7.37. The molecule has 1 aliphatic carbocycles. The summed E-state index contributed by atoms with van der Waals surface area (Å²) in [6, 6.07) is 13.5. The maximum absolute atomic E-state index is 12.5. The fourth-order valence-corrected chi connectivity index (χ4v) is 4.37. The maximum Gasteiger partial charge on any atom is 0.337 e. The molecule has 1 aliphatic heterocycles. The molecule has 0 spiro atoms. The SMILES string of the molecule is COc1ccc(C2NC(=O)N(Cl)C3=C2CCc2ccccc23)cc1Br. The number of nitrogens with zero attached hydrogens (tertiary/aromatic N) is 1. The van der Waals surface area contributed by atoms with Gasteiger partial charge in [0.05, 0.1) is 23.3 Å². The van der Waals surface area contributed by atoms with Crippen LogP contribution in [0.2, 0.25) is 0 Å². The standard InChI is InChI=1S/C19H16BrClN2O2/c1-25-16-9-7-12(10-15(16)20)17-14-8-6-11-4-2-3-5-13(11)18(14)23(21)19(24)22-17/h2-5,7,9-10,17H,6,8H2,1H3,(H,22,24). The number of nitrogens with one attached hydrogen (secondary N) is 1. The molecule has 2 amide bonds. The lowest BCUT2D eigenvalue weighted by molar-refractivity contribution is 0.228. The minimum absolute atomic E-state index is 0.201. The van der Waals surface area contributed by atoms with Crippen LogP contribution in [0.25, 0.3) is 5.70 Å². The van der Waals surface area contributed by atoms with Gasteiger partial charge in [0.15, 0.2) is 0 Å². The van der Waals surface area contributed by atoms with Crippen molar-refractivity contribution in [3.63, 3.8) is 0 Å².